The lowest BCUT2D eigenvalue weighted by Crippen LogP contribution is -2.12. The third-order valence-corrected chi connectivity index (χ3v) is 3.90. The molecular formula is C23H21NO7. The van der Waals surface area contributed by atoms with E-state index in [1.54, 1.807) is 42.5 Å². The van der Waals surface area contributed by atoms with Crippen LogP contribution in [0.3, 0.4) is 0 Å². The molecule has 3 aromatic carbocycles. The first-order chi connectivity index (χ1) is 14.8. The van der Waals surface area contributed by atoms with E-state index < -0.39 is 17.8 Å². The molecule has 4 N–H and O–H groups in total. The van der Waals surface area contributed by atoms with Crippen LogP contribution in [0.25, 0.3) is 0 Å². The summed E-state index contributed by atoms with van der Waals surface area (Å²) in [5.74, 6) is -2.21. The minimum atomic E-state index is -1.19. The first kappa shape index (κ1) is 23.0. The Hall–Kier alpha value is -4.33. The number of rotatable bonds is 6. The molecule has 3 aromatic rings. The number of esters is 1. The van der Waals surface area contributed by atoms with Crippen LogP contribution in [0.1, 0.15) is 38.0 Å². The van der Waals surface area contributed by atoms with Gasteiger partial charge in [-0.3, -0.25) is 4.79 Å². The Morgan fingerprint density at radius 2 is 1.32 bits per heavy atom. The zero-order chi connectivity index (χ0) is 22.8. The number of benzene rings is 3. The van der Waals surface area contributed by atoms with Crippen molar-refractivity contribution in [1.82, 2.24) is 0 Å². The highest BCUT2D eigenvalue weighted by Crippen LogP contribution is 2.22. The fraction of sp³-hybridized carbons (Fsp3) is 0.0870. The van der Waals surface area contributed by atoms with Gasteiger partial charge in [0.05, 0.1) is 12.2 Å². The lowest BCUT2D eigenvalue weighted by atomic mass is 10.2. The summed E-state index contributed by atoms with van der Waals surface area (Å²) in [6, 6.07) is 18.6. The molecule has 3 rings (SSSR count). The molecule has 0 atom stereocenters. The molecule has 0 aliphatic rings. The Bertz CT molecular complexity index is 1080. The largest absolute Gasteiger partial charge is 0.507 e. The number of primary amides is 1. The SMILES string of the molecule is CCOc1ccccc1C(N)=O.O=C(Oc1ccccc1C(=O)O)c1ccccc1O. The van der Waals surface area contributed by atoms with Crippen LogP contribution in [0, 0.1) is 0 Å². The molecule has 0 fully saturated rings. The number of aromatic hydroxyl groups is 1. The lowest BCUT2D eigenvalue weighted by molar-refractivity contribution is 0.0680. The zero-order valence-corrected chi connectivity index (χ0v) is 16.6. The molecular weight excluding hydrogens is 402 g/mol. The monoisotopic (exact) mass is 423 g/mol. The number of hydrogen-bond donors (Lipinski definition) is 3. The predicted molar refractivity (Wildman–Crippen MR) is 113 cm³/mol. The summed E-state index contributed by atoms with van der Waals surface area (Å²) in [6.45, 7) is 2.39. The van der Waals surface area contributed by atoms with Crippen LogP contribution in [-0.4, -0.2) is 34.7 Å². The Morgan fingerprint density at radius 3 is 1.87 bits per heavy atom. The molecule has 0 aliphatic heterocycles. The number of hydrogen-bond acceptors (Lipinski definition) is 6. The van der Waals surface area contributed by atoms with Gasteiger partial charge in [0, 0.05) is 0 Å². The van der Waals surface area contributed by atoms with Crippen molar-refractivity contribution in [1.29, 1.82) is 0 Å². The molecule has 0 unspecified atom stereocenters. The van der Waals surface area contributed by atoms with Crippen molar-refractivity contribution in [2.24, 2.45) is 5.73 Å². The van der Waals surface area contributed by atoms with E-state index in [-0.39, 0.29) is 22.6 Å². The van der Waals surface area contributed by atoms with Crippen LogP contribution in [0.5, 0.6) is 17.2 Å². The van der Waals surface area contributed by atoms with Gasteiger partial charge in [0.1, 0.15) is 28.4 Å². The van der Waals surface area contributed by atoms with Crippen LogP contribution in [0.15, 0.2) is 72.8 Å². The molecule has 0 radical (unpaired) electrons. The van der Waals surface area contributed by atoms with Gasteiger partial charge in [-0.2, -0.15) is 0 Å². The topological polar surface area (TPSA) is 136 Å². The van der Waals surface area contributed by atoms with E-state index in [1.165, 1.54) is 30.3 Å². The third kappa shape index (κ3) is 6.33. The smallest absolute Gasteiger partial charge is 0.347 e. The Kier molecular flexibility index (Phi) is 8.15. The molecule has 8 nitrogen and oxygen atoms in total. The van der Waals surface area contributed by atoms with E-state index in [0.717, 1.165) is 0 Å². The normalized spacial score (nSPS) is 9.71. The first-order valence-corrected chi connectivity index (χ1v) is 9.19. The number of carboxylic acids is 1. The standard InChI is InChI=1S/C14H10O5.C9H11NO2/c15-11-7-3-1-5-9(11)14(18)19-12-8-4-2-6-10(12)13(16)17;1-2-12-8-6-4-3-5-7(8)9(10)11/h1-8,15H,(H,16,17);3-6H,2H2,1H3,(H2,10,11). The summed E-state index contributed by atoms with van der Waals surface area (Å²) < 4.78 is 10.2. The van der Waals surface area contributed by atoms with Crippen molar-refractivity contribution in [3.8, 4) is 17.2 Å². The third-order valence-electron chi connectivity index (χ3n) is 3.90. The van der Waals surface area contributed by atoms with Gasteiger partial charge in [-0.1, -0.05) is 36.4 Å². The van der Waals surface area contributed by atoms with Crippen molar-refractivity contribution in [2.75, 3.05) is 6.61 Å². The number of amides is 1. The minimum Gasteiger partial charge on any atom is -0.507 e. The second-order valence-electron chi connectivity index (χ2n) is 6.00. The molecule has 0 bridgehead atoms. The number of nitrogens with two attached hydrogens (primary N) is 1. The molecule has 31 heavy (non-hydrogen) atoms. The molecule has 0 aliphatic carbocycles. The minimum absolute atomic E-state index is 0.0253. The number of phenolic OH excluding ortho intramolecular Hbond substituents is 1. The molecule has 0 saturated heterocycles. The van der Waals surface area contributed by atoms with Crippen molar-refractivity contribution in [2.45, 2.75) is 6.92 Å². The molecule has 0 heterocycles. The van der Waals surface area contributed by atoms with Crippen molar-refractivity contribution in [3.05, 3.63) is 89.5 Å². The molecule has 8 heteroatoms. The van der Waals surface area contributed by atoms with Gasteiger partial charge in [-0.15, -0.1) is 0 Å². The fourth-order valence-electron chi connectivity index (χ4n) is 2.48. The second kappa shape index (κ2) is 11.0. The highest BCUT2D eigenvalue weighted by molar-refractivity contribution is 5.97. The van der Waals surface area contributed by atoms with Crippen molar-refractivity contribution >= 4 is 17.8 Å². The van der Waals surface area contributed by atoms with Crippen LogP contribution in [0.4, 0.5) is 0 Å². The summed E-state index contributed by atoms with van der Waals surface area (Å²) >= 11 is 0. The van der Waals surface area contributed by atoms with Gasteiger partial charge in [0.15, 0.2) is 0 Å². The summed E-state index contributed by atoms with van der Waals surface area (Å²) in [5.41, 5.74) is 5.41. The molecule has 0 aromatic heterocycles. The maximum absolute atomic E-state index is 11.8. The van der Waals surface area contributed by atoms with E-state index in [0.29, 0.717) is 17.9 Å². The fourth-order valence-corrected chi connectivity index (χ4v) is 2.48. The van der Waals surface area contributed by atoms with E-state index in [4.69, 9.17) is 20.3 Å². The first-order valence-electron chi connectivity index (χ1n) is 9.19. The van der Waals surface area contributed by atoms with E-state index in [2.05, 4.69) is 0 Å². The highest BCUT2D eigenvalue weighted by atomic mass is 16.5. The van der Waals surface area contributed by atoms with E-state index in [9.17, 15) is 19.5 Å². The van der Waals surface area contributed by atoms with E-state index >= 15 is 0 Å². The van der Waals surface area contributed by atoms with Gasteiger partial charge >= 0.3 is 11.9 Å². The van der Waals surface area contributed by atoms with Crippen molar-refractivity contribution in [3.63, 3.8) is 0 Å². The molecule has 1 amide bonds. The Morgan fingerprint density at radius 1 is 0.806 bits per heavy atom. The van der Waals surface area contributed by atoms with Crippen molar-refractivity contribution < 1.29 is 34.1 Å². The molecule has 160 valence electrons. The molecule has 0 spiro atoms. The Labute approximate surface area is 178 Å². The van der Waals surface area contributed by atoms with Crippen LogP contribution in [0.2, 0.25) is 0 Å². The van der Waals surface area contributed by atoms with Gasteiger partial charge in [-0.25, -0.2) is 9.59 Å². The number of ether oxygens (including phenoxy) is 2. The zero-order valence-electron chi connectivity index (χ0n) is 16.6. The van der Waals surface area contributed by atoms with Crippen LogP contribution >= 0.6 is 0 Å². The predicted octanol–water partition coefficient (Wildman–Crippen LogP) is 3.49. The number of carboxylic acid groups (broad SMARTS) is 1. The average molecular weight is 423 g/mol. The number of para-hydroxylation sites is 3. The number of phenols is 1. The second-order valence-corrected chi connectivity index (χ2v) is 6.00. The maximum atomic E-state index is 11.8. The average Bonchev–Trinajstić information content (AvgIpc) is 2.75. The Balaban J connectivity index is 0.000000245. The van der Waals surface area contributed by atoms with Crippen LogP contribution < -0.4 is 15.2 Å². The molecule has 0 saturated carbocycles. The van der Waals surface area contributed by atoms with E-state index in [1.807, 2.05) is 6.92 Å². The van der Waals surface area contributed by atoms with Gasteiger partial charge in [-0.05, 0) is 43.3 Å². The number of carbonyl (C=O) groups excluding carboxylic acids is 2. The van der Waals surface area contributed by atoms with Crippen LogP contribution in [-0.2, 0) is 0 Å². The quantitative estimate of drug-likeness (QED) is 0.408. The number of aromatic carboxylic acids is 1. The van der Waals surface area contributed by atoms with Gasteiger partial charge < -0.3 is 25.4 Å². The summed E-state index contributed by atoms with van der Waals surface area (Å²) in [6.07, 6.45) is 0. The van der Waals surface area contributed by atoms with Gasteiger partial charge in [0.25, 0.3) is 5.91 Å². The highest BCUT2D eigenvalue weighted by Gasteiger charge is 2.17. The summed E-state index contributed by atoms with van der Waals surface area (Å²) in [7, 11) is 0. The number of carbonyl (C=O) groups is 3. The van der Waals surface area contributed by atoms with Gasteiger partial charge in [0.2, 0.25) is 0 Å². The summed E-state index contributed by atoms with van der Waals surface area (Å²) in [5, 5.41) is 18.5. The maximum Gasteiger partial charge on any atom is 0.347 e. The lowest BCUT2D eigenvalue weighted by Gasteiger charge is -2.07. The summed E-state index contributed by atoms with van der Waals surface area (Å²) in [4.78, 5) is 33.6.